The first-order valence-electron chi connectivity index (χ1n) is 15.7. The molecule has 1 aromatic heterocycles. The molecule has 0 bridgehead atoms. The molecule has 1 aromatic rings. The summed E-state index contributed by atoms with van der Waals surface area (Å²) in [4.78, 5) is 45.9. The first kappa shape index (κ1) is 33.5. The van der Waals surface area contributed by atoms with Crippen molar-refractivity contribution in [1.82, 2.24) is 19.7 Å². The Morgan fingerprint density at radius 1 is 1.09 bits per heavy atom. The third-order valence-corrected chi connectivity index (χ3v) is 10.3. The number of amides is 2. The summed E-state index contributed by atoms with van der Waals surface area (Å²) in [7, 11) is 0. The topological polar surface area (TPSA) is 103 Å². The Morgan fingerprint density at radius 3 is 2.26 bits per heavy atom. The van der Waals surface area contributed by atoms with Gasteiger partial charge in [-0.3, -0.25) is 9.69 Å². The molecule has 4 aliphatic rings. The lowest BCUT2D eigenvalue weighted by molar-refractivity contribution is -0.192. The number of carbonyl (C=O) groups is 3. The molecule has 0 radical (unpaired) electrons. The molecular weight excluding hydrogens is 585 g/mol. The van der Waals surface area contributed by atoms with E-state index in [9.17, 15) is 22.8 Å². The van der Waals surface area contributed by atoms with Crippen LogP contribution in [0.1, 0.15) is 99.5 Å². The van der Waals surface area contributed by atoms with Gasteiger partial charge < -0.3 is 19.6 Å². The van der Waals surface area contributed by atoms with Gasteiger partial charge >= 0.3 is 18.2 Å². The van der Waals surface area contributed by atoms with Crippen molar-refractivity contribution in [3.63, 3.8) is 0 Å². The van der Waals surface area contributed by atoms with Crippen molar-refractivity contribution in [2.75, 3.05) is 32.7 Å². The van der Waals surface area contributed by atoms with E-state index in [1.54, 1.807) is 0 Å². The van der Waals surface area contributed by atoms with Crippen molar-refractivity contribution < 1.29 is 37.4 Å². The molecule has 4 fully saturated rings. The minimum absolute atomic E-state index is 0.0563. The first-order valence-corrected chi connectivity index (χ1v) is 16.6. The molecule has 1 spiro atoms. The molecule has 3 saturated heterocycles. The molecule has 4 heterocycles. The van der Waals surface area contributed by atoms with Gasteiger partial charge in [-0.15, -0.1) is 11.3 Å². The minimum Gasteiger partial charge on any atom is -0.475 e. The Bertz CT molecular complexity index is 1090. The predicted octanol–water partition coefficient (Wildman–Crippen LogP) is 6.12. The van der Waals surface area contributed by atoms with Gasteiger partial charge in [-0.2, -0.15) is 13.2 Å². The highest BCUT2D eigenvalue weighted by Crippen LogP contribution is 2.43. The number of unbranched alkanes of at least 4 members (excludes halogenated alkanes) is 1. The van der Waals surface area contributed by atoms with Gasteiger partial charge in [0.1, 0.15) is 11.3 Å². The summed E-state index contributed by atoms with van der Waals surface area (Å²) in [5.74, 6) is -2.04. The number of nitrogens with zero attached hydrogens (tertiary/aromatic N) is 4. The maximum atomic E-state index is 13.1. The van der Waals surface area contributed by atoms with Crippen molar-refractivity contribution in [2.24, 2.45) is 5.92 Å². The van der Waals surface area contributed by atoms with Crippen LogP contribution >= 0.6 is 11.3 Å². The molecule has 1 aliphatic carbocycles. The van der Waals surface area contributed by atoms with Gasteiger partial charge in [0.2, 0.25) is 0 Å². The number of halogens is 3. The maximum Gasteiger partial charge on any atom is 0.490 e. The van der Waals surface area contributed by atoms with Gasteiger partial charge in [0.15, 0.2) is 0 Å². The van der Waals surface area contributed by atoms with E-state index in [-0.39, 0.29) is 23.6 Å². The molecule has 1 atom stereocenters. The highest BCUT2D eigenvalue weighted by molar-refractivity contribution is 7.09. The molecule has 43 heavy (non-hydrogen) atoms. The quantitative estimate of drug-likeness (QED) is 0.388. The van der Waals surface area contributed by atoms with Crippen LogP contribution in [0.2, 0.25) is 0 Å². The van der Waals surface area contributed by atoms with Gasteiger partial charge in [0.25, 0.3) is 5.91 Å². The first-order chi connectivity index (χ1) is 20.4. The number of hydrogen-bond acceptors (Lipinski definition) is 7. The number of rotatable bonds is 7. The number of aliphatic carboxylic acids is 1. The van der Waals surface area contributed by atoms with Gasteiger partial charge in [-0.05, 0) is 44.9 Å². The lowest BCUT2D eigenvalue weighted by Crippen LogP contribution is -2.56. The fourth-order valence-electron chi connectivity index (χ4n) is 7.14. The summed E-state index contributed by atoms with van der Waals surface area (Å²) in [6.45, 7) is 8.64. The maximum absolute atomic E-state index is 13.1. The predicted molar refractivity (Wildman–Crippen MR) is 156 cm³/mol. The molecule has 242 valence electrons. The molecule has 1 saturated carbocycles. The fraction of sp³-hybridized carbons (Fsp3) is 0.800. The molecular formula is C30H45F3N4O5S. The second-order valence-electron chi connectivity index (χ2n) is 12.4. The Kier molecular flexibility index (Phi) is 11.4. The zero-order valence-electron chi connectivity index (χ0n) is 25.2. The van der Waals surface area contributed by atoms with Crippen molar-refractivity contribution in [1.29, 1.82) is 0 Å². The lowest BCUT2D eigenvalue weighted by atomic mass is 9.80. The summed E-state index contributed by atoms with van der Waals surface area (Å²) in [5, 5.41) is 9.95. The highest BCUT2D eigenvalue weighted by Gasteiger charge is 2.55. The summed E-state index contributed by atoms with van der Waals surface area (Å²) in [6, 6.07) is 0.739. The standard InChI is InChI=1S/C28H44N4O3S.C2HF3O2/c1-3-4-10-25-28(35-27(34)32(25)19-22-8-6-5-7-9-22)13-17-30(18-14-28)23-11-15-31(16-12-23)26(33)24-20-36-21(2)29-24;3-2(4,5)1(6)7/h20,22-23,25H,3-19H2,1-2H3;(H,6,7). The molecule has 13 heteroatoms. The van der Waals surface area contributed by atoms with Crippen molar-refractivity contribution >= 4 is 29.3 Å². The van der Waals surface area contributed by atoms with E-state index in [1.165, 1.54) is 43.4 Å². The number of aromatic nitrogens is 1. The number of carboxylic acids is 1. The summed E-state index contributed by atoms with van der Waals surface area (Å²) >= 11 is 1.54. The van der Waals surface area contributed by atoms with E-state index in [1.807, 2.05) is 17.2 Å². The normalized spacial score (nSPS) is 23.7. The van der Waals surface area contributed by atoms with E-state index in [4.69, 9.17) is 14.6 Å². The monoisotopic (exact) mass is 630 g/mol. The molecule has 2 amide bonds. The van der Waals surface area contributed by atoms with Crippen LogP contribution in [0.5, 0.6) is 0 Å². The van der Waals surface area contributed by atoms with Gasteiger partial charge in [0.05, 0.1) is 11.0 Å². The van der Waals surface area contributed by atoms with E-state index >= 15 is 0 Å². The fourth-order valence-corrected chi connectivity index (χ4v) is 7.73. The average Bonchev–Trinajstić information content (AvgIpc) is 3.53. The summed E-state index contributed by atoms with van der Waals surface area (Å²) < 4.78 is 38.0. The number of thiazole rings is 1. The van der Waals surface area contributed by atoms with Crippen LogP contribution in [0.4, 0.5) is 18.0 Å². The van der Waals surface area contributed by atoms with Gasteiger partial charge in [-0.1, -0.05) is 39.0 Å². The van der Waals surface area contributed by atoms with Crippen LogP contribution in [0.3, 0.4) is 0 Å². The third-order valence-electron chi connectivity index (χ3n) is 9.51. The van der Waals surface area contributed by atoms with Crippen LogP contribution in [-0.2, 0) is 9.53 Å². The number of hydrogen-bond donors (Lipinski definition) is 1. The Labute approximate surface area is 255 Å². The number of likely N-dealkylation sites (tertiary alicyclic amines) is 2. The molecule has 1 unspecified atom stereocenters. The number of alkyl halides is 3. The molecule has 1 N–H and O–H groups in total. The molecule has 5 rings (SSSR count). The Balaban J connectivity index is 0.000000541. The Hall–Kier alpha value is -2.41. The van der Waals surface area contributed by atoms with Crippen molar-refractivity contribution in [3.05, 3.63) is 16.1 Å². The highest BCUT2D eigenvalue weighted by atomic mass is 32.1. The van der Waals surface area contributed by atoms with Crippen LogP contribution in [0, 0.1) is 12.8 Å². The van der Waals surface area contributed by atoms with Crippen LogP contribution in [0.15, 0.2) is 5.38 Å². The molecule has 0 aromatic carbocycles. The zero-order valence-corrected chi connectivity index (χ0v) is 26.1. The molecule has 3 aliphatic heterocycles. The van der Waals surface area contributed by atoms with Crippen molar-refractivity contribution in [3.8, 4) is 0 Å². The van der Waals surface area contributed by atoms with E-state index in [0.717, 1.165) is 82.7 Å². The number of carbonyl (C=O) groups excluding carboxylic acids is 2. The van der Waals surface area contributed by atoms with E-state index in [2.05, 4.69) is 21.7 Å². The number of piperidine rings is 2. The largest absolute Gasteiger partial charge is 0.490 e. The van der Waals surface area contributed by atoms with E-state index in [0.29, 0.717) is 17.7 Å². The van der Waals surface area contributed by atoms with E-state index < -0.39 is 12.1 Å². The second kappa shape index (κ2) is 14.6. The number of carboxylic acid groups (broad SMARTS) is 1. The van der Waals surface area contributed by atoms with Gasteiger partial charge in [-0.25, -0.2) is 14.6 Å². The number of ether oxygens (including phenoxy) is 1. The third kappa shape index (κ3) is 8.40. The number of aryl methyl sites for hydroxylation is 1. The second-order valence-corrected chi connectivity index (χ2v) is 13.4. The SMILES string of the molecule is CCCCC1N(CC2CCCCC2)C(=O)OC12CCN(C1CCN(C(=O)c3csc(C)n3)CC1)CC2.O=C(O)C(F)(F)F. The summed E-state index contributed by atoms with van der Waals surface area (Å²) in [6.07, 6.45) is 8.59. The minimum atomic E-state index is -5.08. The van der Waals surface area contributed by atoms with Gasteiger partial charge in [0, 0.05) is 57.0 Å². The average molecular weight is 631 g/mol. The Morgan fingerprint density at radius 2 is 1.72 bits per heavy atom. The summed E-state index contributed by atoms with van der Waals surface area (Å²) in [5.41, 5.74) is 0.283. The van der Waals surface area contributed by atoms with Crippen LogP contribution < -0.4 is 0 Å². The zero-order chi connectivity index (χ0) is 31.2. The van der Waals surface area contributed by atoms with Crippen LogP contribution in [0.25, 0.3) is 0 Å². The smallest absolute Gasteiger partial charge is 0.475 e. The van der Waals surface area contributed by atoms with Crippen LogP contribution in [-0.4, -0.2) is 99.3 Å². The van der Waals surface area contributed by atoms with Crippen molar-refractivity contribution in [2.45, 2.75) is 115 Å². The molecule has 9 nitrogen and oxygen atoms in total. The lowest BCUT2D eigenvalue weighted by Gasteiger charge is -2.46.